The first-order valence-corrected chi connectivity index (χ1v) is 5.15. The first kappa shape index (κ1) is 16.8. The van der Waals surface area contributed by atoms with Crippen LogP contribution in [-0.2, 0) is 0 Å². The van der Waals surface area contributed by atoms with Crippen LogP contribution in [0.2, 0.25) is 0 Å². The van der Waals surface area contributed by atoms with Crippen molar-refractivity contribution >= 4 is 24.8 Å². The number of nitrogens with zero attached hydrogens (tertiary/aromatic N) is 1. The number of aromatic nitrogens is 2. The molecule has 18 heavy (non-hydrogen) atoms. The molecule has 2 rings (SSSR count). The summed E-state index contributed by atoms with van der Waals surface area (Å²) in [5, 5.41) is 0. The summed E-state index contributed by atoms with van der Waals surface area (Å²) in [6, 6.07) is 7.73. The number of methoxy groups -OCH3 is 1. The van der Waals surface area contributed by atoms with Gasteiger partial charge in [0.2, 0.25) is 0 Å². The molecule has 0 aliphatic carbocycles. The number of H-pyrrole nitrogens is 1. The second kappa shape index (κ2) is 7.26. The summed E-state index contributed by atoms with van der Waals surface area (Å²) >= 11 is 0. The van der Waals surface area contributed by atoms with E-state index in [0.717, 1.165) is 22.8 Å². The number of imidazole rings is 1. The Morgan fingerprint density at radius 2 is 2.06 bits per heavy atom. The average Bonchev–Trinajstić information content (AvgIpc) is 2.78. The Morgan fingerprint density at radius 1 is 1.33 bits per heavy atom. The highest BCUT2D eigenvalue weighted by Crippen LogP contribution is 2.22. The standard InChI is InChI=1S/C12H15N3O.2ClH/c1-8(13)12-14-7-11(15-12)9-4-3-5-10(6-9)16-2;;/h3-8H,13H2,1-2H3,(H,14,15);2*1H. The minimum atomic E-state index is -0.0839. The van der Waals surface area contributed by atoms with Gasteiger partial charge in [-0.05, 0) is 19.1 Å². The lowest BCUT2D eigenvalue weighted by Gasteiger charge is -2.02. The number of nitrogens with two attached hydrogens (primary N) is 1. The van der Waals surface area contributed by atoms with Crippen molar-refractivity contribution in [2.45, 2.75) is 13.0 Å². The summed E-state index contributed by atoms with van der Waals surface area (Å²) in [7, 11) is 1.65. The number of hydrogen-bond donors (Lipinski definition) is 2. The molecule has 0 spiro atoms. The Kier molecular flexibility index (Phi) is 6.76. The summed E-state index contributed by atoms with van der Waals surface area (Å²) in [4.78, 5) is 7.41. The number of benzene rings is 1. The van der Waals surface area contributed by atoms with Gasteiger partial charge in [-0.2, -0.15) is 0 Å². The van der Waals surface area contributed by atoms with Crippen LogP contribution < -0.4 is 10.5 Å². The van der Waals surface area contributed by atoms with E-state index >= 15 is 0 Å². The van der Waals surface area contributed by atoms with Gasteiger partial charge < -0.3 is 15.5 Å². The molecule has 0 aliphatic heterocycles. The first-order valence-electron chi connectivity index (χ1n) is 5.15. The van der Waals surface area contributed by atoms with Crippen LogP contribution in [0, 0.1) is 0 Å². The SMILES string of the molecule is COc1cccc(-c2cnc(C(C)N)[nH]2)c1.Cl.Cl. The molecule has 0 saturated heterocycles. The zero-order valence-corrected chi connectivity index (χ0v) is 11.8. The van der Waals surface area contributed by atoms with Crippen LogP contribution in [0.25, 0.3) is 11.3 Å². The smallest absolute Gasteiger partial charge is 0.123 e. The predicted molar refractivity (Wildman–Crippen MR) is 77.7 cm³/mol. The zero-order valence-electron chi connectivity index (χ0n) is 10.2. The third kappa shape index (κ3) is 3.63. The third-order valence-electron chi connectivity index (χ3n) is 2.41. The first-order chi connectivity index (χ1) is 7.70. The monoisotopic (exact) mass is 289 g/mol. The van der Waals surface area contributed by atoms with Crippen molar-refractivity contribution < 1.29 is 4.74 Å². The maximum absolute atomic E-state index is 5.74. The van der Waals surface area contributed by atoms with E-state index in [0.29, 0.717) is 0 Å². The molecule has 3 N–H and O–H groups in total. The van der Waals surface area contributed by atoms with E-state index in [2.05, 4.69) is 9.97 Å². The lowest BCUT2D eigenvalue weighted by Crippen LogP contribution is -2.06. The molecule has 0 bridgehead atoms. The molecule has 1 unspecified atom stereocenters. The van der Waals surface area contributed by atoms with Crippen molar-refractivity contribution in [3.8, 4) is 17.0 Å². The highest BCUT2D eigenvalue weighted by molar-refractivity contribution is 5.85. The Hall–Kier alpha value is -1.23. The van der Waals surface area contributed by atoms with Crippen molar-refractivity contribution in [3.63, 3.8) is 0 Å². The summed E-state index contributed by atoms with van der Waals surface area (Å²) in [5.74, 6) is 1.62. The van der Waals surface area contributed by atoms with Crippen LogP contribution in [0.1, 0.15) is 18.8 Å². The highest BCUT2D eigenvalue weighted by Gasteiger charge is 2.06. The number of ether oxygens (including phenoxy) is 1. The van der Waals surface area contributed by atoms with Crippen molar-refractivity contribution in [2.75, 3.05) is 7.11 Å². The normalized spacial score (nSPS) is 11.1. The molecule has 0 radical (unpaired) electrons. The number of hydrogen-bond acceptors (Lipinski definition) is 3. The van der Waals surface area contributed by atoms with Gasteiger partial charge in [0.25, 0.3) is 0 Å². The second-order valence-electron chi connectivity index (χ2n) is 3.70. The molecule has 2 aromatic rings. The van der Waals surface area contributed by atoms with Crippen LogP contribution in [0.3, 0.4) is 0 Å². The molecule has 100 valence electrons. The van der Waals surface area contributed by atoms with Gasteiger partial charge in [0, 0.05) is 5.56 Å². The van der Waals surface area contributed by atoms with Gasteiger partial charge in [-0.25, -0.2) is 4.98 Å². The van der Waals surface area contributed by atoms with Gasteiger partial charge in [0.15, 0.2) is 0 Å². The fourth-order valence-corrected chi connectivity index (χ4v) is 1.51. The molecule has 0 amide bonds. The summed E-state index contributed by atoms with van der Waals surface area (Å²) in [6.07, 6.45) is 1.79. The number of halogens is 2. The van der Waals surface area contributed by atoms with E-state index < -0.39 is 0 Å². The second-order valence-corrected chi connectivity index (χ2v) is 3.70. The summed E-state index contributed by atoms with van der Waals surface area (Å²) in [5.41, 5.74) is 7.73. The van der Waals surface area contributed by atoms with E-state index in [1.54, 1.807) is 13.3 Å². The topological polar surface area (TPSA) is 63.9 Å². The Balaban J connectivity index is 0.00000144. The van der Waals surface area contributed by atoms with Crippen molar-refractivity contribution in [2.24, 2.45) is 5.73 Å². The maximum atomic E-state index is 5.74. The molecule has 1 heterocycles. The lowest BCUT2D eigenvalue weighted by molar-refractivity contribution is 0.415. The fraction of sp³-hybridized carbons (Fsp3) is 0.250. The molecule has 4 nitrogen and oxygen atoms in total. The number of nitrogens with one attached hydrogen (secondary N) is 1. The molecule has 1 atom stereocenters. The fourth-order valence-electron chi connectivity index (χ4n) is 1.51. The number of aromatic amines is 1. The van der Waals surface area contributed by atoms with E-state index in [9.17, 15) is 0 Å². The van der Waals surface area contributed by atoms with Gasteiger partial charge in [0.05, 0.1) is 25.0 Å². The van der Waals surface area contributed by atoms with Crippen LogP contribution in [-0.4, -0.2) is 17.1 Å². The Labute approximate surface area is 119 Å². The highest BCUT2D eigenvalue weighted by atomic mass is 35.5. The van der Waals surface area contributed by atoms with Crippen molar-refractivity contribution in [1.29, 1.82) is 0 Å². The summed E-state index contributed by atoms with van der Waals surface area (Å²) in [6.45, 7) is 1.90. The van der Waals surface area contributed by atoms with Gasteiger partial charge in [-0.3, -0.25) is 0 Å². The molecule has 1 aromatic heterocycles. The van der Waals surface area contributed by atoms with E-state index in [4.69, 9.17) is 10.5 Å². The molecule has 0 aliphatic rings. The van der Waals surface area contributed by atoms with Crippen molar-refractivity contribution in [1.82, 2.24) is 9.97 Å². The minimum Gasteiger partial charge on any atom is -0.497 e. The van der Waals surface area contributed by atoms with E-state index in [1.165, 1.54) is 0 Å². The predicted octanol–water partition coefficient (Wildman–Crippen LogP) is 2.95. The third-order valence-corrected chi connectivity index (χ3v) is 2.41. The molecular formula is C12H17Cl2N3O. The van der Waals surface area contributed by atoms with Crippen LogP contribution in [0.15, 0.2) is 30.5 Å². The largest absolute Gasteiger partial charge is 0.497 e. The van der Waals surface area contributed by atoms with Gasteiger partial charge in [-0.15, -0.1) is 24.8 Å². The molecule has 0 fully saturated rings. The molecular weight excluding hydrogens is 273 g/mol. The Bertz CT molecular complexity index is 486. The van der Waals surface area contributed by atoms with Crippen molar-refractivity contribution in [3.05, 3.63) is 36.3 Å². The average molecular weight is 290 g/mol. The van der Waals surface area contributed by atoms with E-state index in [1.807, 2.05) is 31.2 Å². The van der Waals surface area contributed by atoms with Crippen LogP contribution in [0.5, 0.6) is 5.75 Å². The quantitative estimate of drug-likeness (QED) is 0.913. The summed E-state index contributed by atoms with van der Waals surface area (Å²) < 4.78 is 5.17. The zero-order chi connectivity index (χ0) is 11.5. The molecule has 0 saturated carbocycles. The van der Waals surface area contributed by atoms with Gasteiger partial charge >= 0.3 is 0 Å². The minimum absolute atomic E-state index is 0. The number of rotatable bonds is 3. The van der Waals surface area contributed by atoms with Gasteiger partial charge in [0.1, 0.15) is 11.6 Å². The van der Waals surface area contributed by atoms with Gasteiger partial charge in [-0.1, -0.05) is 12.1 Å². The molecule has 6 heteroatoms. The van der Waals surface area contributed by atoms with E-state index in [-0.39, 0.29) is 30.9 Å². The molecule has 1 aromatic carbocycles. The maximum Gasteiger partial charge on any atom is 0.123 e. The van der Waals surface area contributed by atoms with Crippen LogP contribution in [0.4, 0.5) is 0 Å². The lowest BCUT2D eigenvalue weighted by atomic mass is 10.1. The van der Waals surface area contributed by atoms with Crippen LogP contribution >= 0.6 is 24.8 Å². The Morgan fingerprint density at radius 3 is 2.61 bits per heavy atom.